The third-order valence-corrected chi connectivity index (χ3v) is 7.54. The Morgan fingerprint density at radius 2 is 1.43 bits per heavy atom. The normalized spacial score (nSPS) is 20.2. The second-order valence-electron chi connectivity index (χ2n) is 9.44. The summed E-state index contributed by atoms with van der Waals surface area (Å²) >= 11 is 6.01. The summed E-state index contributed by atoms with van der Waals surface area (Å²) in [4.78, 5) is 33.2. The van der Waals surface area contributed by atoms with Crippen LogP contribution in [0.3, 0.4) is 0 Å². The molecule has 6 heteroatoms. The predicted octanol–water partition coefficient (Wildman–Crippen LogP) is 4.85. The van der Waals surface area contributed by atoms with Crippen LogP contribution in [0.15, 0.2) is 78.9 Å². The molecule has 2 aliphatic heterocycles. The number of para-hydroxylation sites is 1. The Kier molecular flexibility index (Phi) is 6.78. The smallest absolute Gasteiger partial charge is 0.253 e. The van der Waals surface area contributed by atoms with Gasteiger partial charge < -0.3 is 14.7 Å². The van der Waals surface area contributed by atoms with Gasteiger partial charge in [-0.15, -0.1) is 0 Å². The molecule has 2 saturated heterocycles. The topological polar surface area (TPSA) is 43.9 Å². The van der Waals surface area contributed by atoms with Crippen molar-refractivity contribution in [1.29, 1.82) is 0 Å². The minimum atomic E-state index is -0.251. The number of hydrogen-bond donors (Lipinski definition) is 0. The summed E-state index contributed by atoms with van der Waals surface area (Å²) in [5.41, 5.74) is 4.20. The average molecular weight is 488 g/mol. The van der Waals surface area contributed by atoms with E-state index in [9.17, 15) is 9.59 Å². The molecule has 5 nitrogen and oxygen atoms in total. The lowest BCUT2D eigenvalue weighted by molar-refractivity contribution is -0.135. The summed E-state index contributed by atoms with van der Waals surface area (Å²) < 4.78 is 0. The Morgan fingerprint density at radius 1 is 0.771 bits per heavy atom. The zero-order chi connectivity index (χ0) is 24.4. The number of piperazine rings is 1. The number of anilines is 1. The summed E-state index contributed by atoms with van der Waals surface area (Å²) in [7, 11) is 0. The van der Waals surface area contributed by atoms with Gasteiger partial charge in [0.15, 0.2) is 0 Å². The van der Waals surface area contributed by atoms with Gasteiger partial charge in [0.1, 0.15) is 0 Å². The molecule has 0 radical (unpaired) electrons. The molecular formula is C29H30ClN3O2. The van der Waals surface area contributed by atoms with Gasteiger partial charge in [0.25, 0.3) is 5.91 Å². The number of benzene rings is 3. The van der Waals surface area contributed by atoms with Crippen LogP contribution in [0, 0.1) is 12.8 Å². The third kappa shape index (κ3) is 4.92. The molecule has 0 saturated carbocycles. The fourth-order valence-electron chi connectivity index (χ4n) is 5.35. The van der Waals surface area contributed by atoms with E-state index in [0.29, 0.717) is 36.8 Å². The molecule has 2 fully saturated rings. The van der Waals surface area contributed by atoms with Gasteiger partial charge >= 0.3 is 0 Å². The van der Waals surface area contributed by atoms with Gasteiger partial charge in [-0.1, -0.05) is 60.1 Å². The zero-order valence-electron chi connectivity index (χ0n) is 19.9. The maximum absolute atomic E-state index is 13.8. The monoisotopic (exact) mass is 487 g/mol. The fourth-order valence-corrected chi connectivity index (χ4v) is 5.48. The summed E-state index contributed by atoms with van der Waals surface area (Å²) in [5.74, 6) is -0.176. The lowest BCUT2D eigenvalue weighted by atomic mass is 9.88. The highest BCUT2D eigenvalue weighted by Gasteiger charge is 2.42. The molecule has 3 aromatic carbocycles. The molecular weight excluding hydrogens is 458 g/mol. The molecule has 0 spiro atoms. The number of amides is 2. The molecule has 2 unspecified atom stereocenters. The highest BCUT2D eigenvalue weighted by molar-refractivity contribution is 6.30. The van der Waals surface area contributed by atoms with E-state index < -0.39 is 0 Å². The fraction of sp³-hybridized carbons (Fsp3) is 0.310. The van der Waals surface area contributed by atoms with Crippen molar-refractivity contribution in [3.05, 3.63) is 101 Å². The molecule has 2 amide bonds. The first-order valence-corrected chi connectivity index (χ1v) is 12.6. The standard InChI is InChI=1S/C29H30ClN3O2/c1-21-7-5-6-10-27(21)31-15-17-32(18-16-31)29(35)26-20-33(19-25(26)22-8-3-2-4-9-22)28(34)23-11-13-24(30)14-12-23/h2-14,25-26H,15-20H2,1H3. The van der Waals surface area contributed by atoms with E-state index in [0.717, 1.165) is 18.7 Å². The maximum Gasteiger partial charge on any atom is 0.253 e. The Balaban J connectivity index is 1.32. The van der Waals surface area contributed by atoms with Crippen LogP contribution in [0.2, 0.25) is 5.02 Å². The highest BCUT2D eigenvalue weighted by Crippen LogP contribution is 2.35. The number of hydrogen-bond acceptors (Lipinski definition) is 3. The van der Waals surface area contributed by atoms with E-state index in [1.165, 1.54) is 11.3 Å². The molecule has 35 heavy (non-hydrogen) atoms. The van der Waals surface area contributed by atoms with Crippen LogP contribution in [0.4, 0.5) is 5.69 Å². The number of nitrogens with zero attached hydrogens (tertiary/aromatic N) is 3. The summed E-state index contributed by atoms with van der Waals surface area (Å²) in [6.07, 6.45) is 0. The predicted molar refractivity (Wildman–Crippen MR) is 140 cm³/mol. The van der Waals surface area contributed by atoms with Crippen LogP contribution in [0.5, 0.6) is 0 Å². The molecule has 0 aromatic heterocycles. The van der Waals surface area contributed by atoms with Gasteiger partial charge in [0, 0.05) is 61.5 Å². The zero-order valence-corrected chi connectivity index (χ0v) is 20.7. The highest BCUT2D eigenvalue weighted by atomic mass is 35.5. The van der Waals surface area contributed by atoms with Crippen LogP contribution < -0.4 is 4.90 Å². The van der Waals surface area contributed by atoms with Gasteiger partial charge in [0.2, 0.25) is 5.91 Å². The van der Waals surface area contributed by atoms with Crippen molar-refractivity contribution >= 4 is 29.1 Å². The number of halogens is 1. The Bertz CT molecular complexity index is 1190. The lowest BCUT2D eigenvalue weighted by Crippen LogP contribution is -2.51. The minimum absolute atomic E-state index is 0.0191. The van der Waals surface area contributed by atoms with Crippen LogP contribution in [-0.4, -0.2) is 60.9 Å². The van der Waals surface area contributed by atoms with E-state index in [4.69, 9.17) is 11.6 Å². The average Bonchev–Trinajstić information content (AvgIpc) is 3.35. The quantitative estimate of drug-likeness (QED) is 0.528. The third-order valence-electron chi connectivity index (χ3n) is 7.29. The molecule has 5 rings (SSSR count). The summed E-state index contributed by atoms with van der Waals surface area (Å²) in [6.45, 7) is 6.09. The van der Waals surface area contributed by atoms with Crippen LogP contribution in [-0.2, 0) is 4.79 Å². The van der Waals surface area contributed by atoms with Crippen molar-refractivity contribution < 1.29 is 9.59 Å². The van der Waals surface area contributed by atoms with Crippen molar-refractivity contribution in [2.75, 3.05) is 44.2 Å². The number of aryl methyl sites for hydroxylation is 1. The first kappa shape index (κ1) is 23.4. The molecule has 0 bridgehead atoms. The van der Waals surface area contributed by atoms with Crippen molar-refractivity contribution in [2.45, 2.75) is 12.8 Å². The van der Waals surface area contributed by atoms with Gasteiger partial charge in [-0.3, -0.25) is 9.59 Å². The molecule has 0 N–H and O–H groups in total. The Hall–Kier alpha value is -3.31. The van der Waals surface area contributed by atoms with E-state index >= 15 is 0 Å². The molecule has 3 aromatic rings. The number of carbonyl (C=O) groups excluding carboxylic acids is 2. The Labute approximate surface area is 211 Å². The van der Waals surface area contributed by atoms with E-state index in [2.05, 4.69) is 48.2 Å². The van der Waals surface area contributed by atoms with Crippen molar-refractivity contribution in [1.82, 2.24) is 9.80 Å². The van der Waals surface area contributed by atoms with Crippen molar-refractivity contribution in [2.24, 2.45) is 5.92 Å². The van der Waals surface area contributed by atoms with Crippen molar-refractivity contribution in [3.63, 3.8) is 0 Å². The molecule has 2 aliphatic rings. The minimum Gasteiger partial charge on any atom is -0.368 e. The van der Waals surface area contributed by atoms with Gasteiger partial charge in [-0.2, -0.15) is 0 Å². The van der Waals surface area contributed by atoms with E-state index in [-0.39, 0.29) is 23.7 Å². The number of rotatable bonds is 4. The number of carbonyl (C=O) groups is 2. The summed E-state index contributed by atoms with van der Waals surface area (Å²) in [6, 6.07) is 25.5. The van der Waals surface area contributed by atoms with Gasteiger partial charge in [-0.05, 0) is 48.4 Å². The van der Waals surface area contributed by atoms with E-state index in [1.807, 2.05) is 28.0 Å². The van der Waals surface area contributed by atoms with Crippen LogP contribution >= 0.6 is 11.6 Å². The lowest BCUT2D eigenvalue weighted by Gasteiger charge is -2.38. The molecule has 2 heterocycles. The van der Waals surface area contributed by atoms with Crippen molar-refractivity contribution in [3.8, 4) is 0 Å². The second kappa shape index (κ2) is 10.1. The number of likely N-dealkylation sites (tertiary alicyclic amines) is 1. The SMILES string of the molecule is Cc1ccccc1N1CCN(C(=O)C2CN(C(=O)c3ccc(Cl)cc3)CC2c2ccccc2)CC1. The van der Waals surface area contributed by atoms with Gasteiger partial charge in [-0.25, -0.2) is 0 Å². The van der Waals surface area contributed by atoms with E-state index in [1.54, 1.807) is 24.3 Å². The van der Waals surface area contributed by atoms with Gasteiger partial charge in [0.05, 0.1) is 5.92 Å². The molecule has 2 atom stereocenters. The van der Waals surface area contributed by atoms with Crippen LogP contribution in [0.25, 0.3) is 0 Å². The molecule has 180 valence electrons. The maximum atomic E-state index is 13.8. The van der Waals surface area contributed by atoms with Crippen LogP contribution in [0.1, 0.15) is 27.4 Å². The first-order chi connectivity index (χ1) is 17.0. The first-order valence-electron chi connectivity index (χ1n) is 12.2. The largest absolute Gasteiger partial charge is 0.368 e. The molecule has 0 aliphatic carbocycles. The summed E-state index contributed by atoms with van der Waals surface area (Å²) in [5, 5.41) is 0.600. The Morgan fingerprint density at radius 3 is 2.11 bits per heavy atom. The second-order valence-corrected chi connectivity index (χ2v) is 9.88.